The lowest BCUT2D eigenvalue weighted by Gasteiger charge is -2.31. The fraction of sp³-hybridized carbons (Fsp3) is 0.846. The van der Waals surface area contributed by atoms with Crippen LogP contribution in [0, 0.1) is 0 Å². The molecule has 1 saturated carbocycles. The van der Waals surface area contributed by atoms with Crippen molar-refractivity contribution in [3.05, 3.63) is 12.2 Å². The van der Waals surface area contributed by atoms with Crippen molar-refractivity contribution < 1.29 is 13.6 Å². The van der Waals surface area contributed by atoms with Gasteiger partial charge in [0.15, 0.2) is 0 Å². The summed E-state index contributed by atoms with van der Waals surface area (Å²) in [6.45, 7) is 0. The highest BCUT2D eigenvalue weighted by atomic mass is 31.2. The van der Waals surface area contributed by atoms with Gasteiger partial charge in [-0.3, -0.25) is 4.57 Å². The SMILES string of the molecule is COP(=O)(OC1C=CCCC1)C1CCCCC1. The summed E-state index contributed by atoms with van der Waals surface area (Å²) in [6.07, 6.45) is 12.9. The van der Waals surface area contributed by atoms with E-state index in [0.29, 0.717) is 0 Å². The van der Waals surface area contributed by atoms with Crippen molar-refractivity contribution in [2.45, 2.75) is 63.1 Å². The molecule has 17 heavy (non-hydrogen) atoms. The van der Waals surface area contributed by atoms with Gasteiger partial charge in [-0.05, 0) is 32.1 Å². The van der Waals surface area contributed by atoms with E-state index < -0.39 is 7.60 Å². The molecule has 2 aliphatic carbocycles. The van der Waals surface area contributed by atoms with Gasteiger partial charge < -0.3 is 9.05 Å². The van der Waals surface area contributed by atoms with Gasteiger partial charge in [-0.25, -0.2) is 0 Å². The molecule has 4 heteroatoms. The van der Waals surface area contributed by atoms with Crippen LogP contribution >= 0.6 is 7.60 Å². The lowest BCUT2D eigenvalue weighted by molar-refractivity contribution is 0.170. The summed E-state index contributed by atoms with van der Waals surface area (Å²) >= 11 is 0. The third-order valence-corrected chi connectivity index (χ3v) is 6.25. The van der Waals surface area contributed by atoms with E-state index in [0.717, 1.165) is 44.9 Å². The molecule has 98 valence electrons. The van der Waals surface area contributed by atoms with Crippen molar-refractivity contribution in [3.63, 3.8) is 0 Å². The Morgan fingerprint density at radius 3 is 2.47 bits per heavy atom. The first-order valence-corrected chi connectivity index (χ1v) is 8.36. The highest BCUT2D eigenvalue weighted by Gasteiger charge is 2.37. The summed E-state index contributed by atoms with van der Waals surface area (Å²) in [6, 6.07) is 0. The summed E-state index contributed by atoms with van der Waals surface area (Å²) < 4.78 is 23.8. The Morgan fingerprint density at radius 2 is 1.88 bits per heavy atom. The Bertz CT molecular complexity index is 308. The summed E-state index contributed by atoms with van der Waals surface area (Å²) in [5, 5.41) is 0. The quantitative estimate of drug-likeness (QED) is 0.557. The molecule has 0 aromatic heterocycles. The molecule has 0 aromatic carbocycles. The van der Waals surface area contributed by atoms with Crippen LogP contribution in [-0.4, -0.2) is 18.9 Å². The van der Waals surface area contributed by atoms with Crippen LogP contribution in [0.3, 0.4) is 0 Å². The van der Waals surface area contributed by atoms with Crippen LogP contribution < -0.4 is 0 Å². The van der Waals surface area contributed by atoms with Crippen molar-refractivity contribution >= 4 is 7.60 Å². The second-order valence-corrected chi connectivity index (χ2v) is 7.40. The average Bonchev–Trinajstić information content (AvgIpc) is 2.41. The first-order valence-electron chi connectivity index (χ1n) is 6.75. The Morgan fingerprint density at radius 1 is 1.12 bits per heavy atom. The average molecular weight is 258 g/mol. The van der Waals surface area contributed by atoms with Crippen molar-refractivity contribution in [2.75, 3.05) is 7.11 Å². The molecule has 2 aliphatic rings. The van der Waals surface area contributed by atoms with Gasteiger partial charge in [0.1, 0.15) is 0 Å². The predicted molar refractivity (Wildman–Crippen MR) is 69.4 cm³/mol. The molecule has 0 bridgehead atoms. The monoisotopic (exact) mass is 258 g/mol. The highest BCUT2D eigenvalue weighted by Crippen LogP contribution is 2.58. The second kappa shape index (κ2) is 6.17. The van der Waals surface area contributed by atoms with Gasteiger partial charge >= 0.3 is 7.60 Å². The number of hydrogen-bond donors (Lipinski definition) is 0. The van der Waals surface area contributed by atoms with Crippen molar-refractivity contribution in [1.82, 2.24) is 0 Å². The Kier molecular flexibility index (Phi) is 4.84. The standard InChI is InChI=1S/C13H23O3P/c1-15-17(14,13-10-6-3-7-11-13)16-12-8-4-2-5-9-12/h4,8,12-13H,2-3,5-7,9-11H2,1H3. The molecule has 0 radical (unpaired) electrons. The highest BCUT2D eigenvalue weighted by molar-refractivity contribution is 7.54. The summed E-state index contributed by atoms with van der Waals surface area (Å²) in [5.41, 5.74) is 0.122. The zero-order chi connectivity index (χ0) is 12.1. The van der Waals surface area contributed by atoms with Gasteiger partial charge in [0, 0.05) is 7.11 Å². The molecule has 0 spiro atoms. The van der Waals surface area contributed by atoms with Crippen molar-refractivity contribution in [3.8, 4) is 0 Å². The number of allylic oxidation sites excluding steroid dienone is 1. The van der Waals surface area contributed by atoms with Crippen LogP contribution in [0.1, 0.15) is 51.4 Å². The summed E-state index contributed by atoms with van der Waals surface area (Å²) in [5.74, 6) is 0. The molecule has 0 amide bonds. The molecule has 3 nitrogen and oxygen atoms in total. The van der Waals surface area contributed by atoms with Crippen LogP contribution in [0.25, 0.3) is 0 Å². The van der Waals surface area contributed by atoms with E-state index in [1.54, 1.807) is 0 Å². The van der Waals surface area contributed by atoms with Crippen LogP contribution in [0.5, 0.6) is 0 Å². The van der Waals surface area contributed by atoms with Crippen molar-refractivity contribution in [1.29, 1.82) is 0 Å². The maximum absolute atomic E-state index is 12.7. The van der Waals surface area contributed by atoms with Gasteiger partial charge in [0.25, 0.3) is 0 Å². The summed E-state index contributed by atoms with van der Waals surface area (Å²) in [7, 11) is -1.37. The second-order valence-electron chi connectivity index (χ2n) is 5.02. The minimum absolute atomic E-state index is 0.00328. The van der Waals surface area contributed by atoms with E-state index in [1.807, 2.05) is 6.08 Å². The fourth-order valence-corrected chi connectivity index (χ4v) is 4.84. The molecule has 2 atom stereocenters. The van der Waals surface area contributed by atoms with Crippen LogP contribution in [-0.2, 0) is 13.6 Å². The van der Waals surface area contributed by atoms with Crippen molar-refractivity contribution in [2.24, 2.45) is 0 Å². The Labute approximate surface area is 104 Å². The predicted octanol–water partition coefficient (Wildman–Crippen LogP) is 4.28. The molecule has 0 aromatic rings. The molecule has 0 N–H and O–H groups in total. The van der Waals surface area contributed by atoms with E-state index in [4.69, 9.17) is 9.05 Å². The smallest absolute Gasteiger partial charge is 0.312 e. The minimum Gasteiger partial charge on any atom is -0.312 e. The Hall–Kier alpha value is -0.110. The first kappa shape index (κ1) is 13.3. The molecule has 0 heterocycles. The van der Waals surface area contributed by atoms with E-state index in [2.05, 4.69) is 6.08 Å². The zero-order valence-electron chi connectivity index (χ0n) is 10.6. The van der Waals surface area contributed by atoms with Gasteiger partial charge in [-0.15, -0.1) is 0 Å². The van der Waals surface area contributed by atoms with E-state index >= 15 is 0 Å². The zero-order valence-corrected chi connectivity index (χ0v) is 11.5. The lowest BCUT2D eigenvalue weighted by Crippen LogP contribution is -2.20. The van der Waals surface area contributed by atoms with E-state index in [9.17, 15) is 4.57 Å². The first-order chi connectivity index (χ1) is 8.24. The maximum Gasteiger partial charge on any atom is 0.334 e. The van der Waals surface area contributed by atoms with Gasteiger partial charge in [0.2, 0.25) is 0 Å². The van der Waals surface area contributed by atoms with Gasteiger partial charge in [-0.2, -0.15) is 0 Å². The number of hydrogen-bond acceptors (Lipinski definition) is 3. The van der Waals surface area contributed by atoms with Gasteiger partial charge in [-0.1, -0.05) is 31.4 Å². The minimum atomic E-state index is -2.90. The van der Waals surface area contributed by atoms with Crippen LogP contribution in [0.15, 0.2) is 12.2 Å². The fourth-order valence-electron chi connectivity index (χ4n) is 2.73. The number of rotatable bonds is 4. The van der Waals surface area contributed by atoms with Gasteiger partial charge in [0.05, 0.1) is 11.8 Å². The summed E-state index contributed by atoms with van der Waals surface area (Å²) in [4.78, 5) is 0. The topological polar surface area (TPSA) is 35.5 Å². The molecule has 1 fully saturated rings. The normalized spacial score (nSPS) is 30.1. The molecule has 2 unspecified atom stereocenters. The molecule has 2 rings (SSSR count). The van der Waals surface area contributed by atoms with E-state index in [-0.39, 0.29) is 11.8 Å². The third kappa shape index (κ3) is 3.43. The molecular formula is C13H23O3P. The van der Waals surface area contributed by atoms with E-state index in [1.165, 1.54) is 13.5 Å². The molecule has 0 aliphatic heterocycles. The largest absolute Gasteiger partial charge is 0.334 e. The molecular weight excluding hydrogens is 235 g/mol. The van der Waals surface area contributed by atoms with Crippen LogP contribution in [0.4, 0.5) is 0 Å². The maximum atomic E-state index is 12.7. The lowest BCUT2D eigenvalue weighted by atomic mass is 10.0. The molecule has 0 saturated heterocycles. The van der Waals surface area contributed by atoms with Crippen LogP contribution in [0.2, 0.25) is 0 Å². The Balaban J connectivity index is 1.99. The third-order valence-electron chi connectivity index (χ3n) is 3.77.